The summed E-state index contributed by atoms with van der Waals surface area (Å²) >= 11 is 0. The quantitative estimate of drug-likeness (QED) is 0.796. The zero-order chi connectivity index (χ0) is 18.3. The lowest BCUT2D eigenvalue weighted by atomic mass is 9.98. The average Bonchev–Trinajstić information content (AvgIpc) is 2.49. The number of rotatable bonds is 8. The van der Waals surface area contributed by atoms with Crippen molar-refractivity contribution < 1.29 is 9.59 Å². The number of hydrogen-bond acceptors (Lipinski definition) is 3. The number of aryl methyl sites for hydroxylation is 1. The van der Waals surface area contributed by atoms with Crippen molar-refractivity contribution in [3.05, 3.63) is 29.3 Å². The van der Waals surface area contributed by atoms with Crippen molar-refractivity contribution in [2.45, 2.75) is 40.5 Å². The van der Waals surface area contributed by atoms with E-state index in [9.17, 15) is 9.59 Å². The van der Waals surface area contributed by atoms with Crippen LogP contribution in [0.3, 0.4) is 0 Å². The van der Waals surface area contributed by atoms with Crippen molar-refractivity contribution in [3.8, 4) is 0 Å². The zero-order valence-corrected chi connectivity index (χ0v) is 15.8. The molecule has 2 amide bonds. The van der Waals surface area contributed by atoms with Crippen LogP contribution in [0.1, 0.15) is 44.7 Å². The maximum atomic E-state index is 12.4. The lowest BCUT2D eigenvalue weighted by Gasteiger charge is -2.23. The number of nitrogens with zero attached hydrogens (tertiary/aromatic N) is 2. The molecule has 0 saturated carbocycles. The van der Waals surface area contributed by atoms with Gasteiger partial charge in [-0.2, -0.15) is 0 Å². The van der Waals surface area contributed by atoms with Crippen LogP contribution in [0.4, 0.5) is 5.69 Å². The van der Waals surface area contributed by atoms with Crippen molar-refractivity contribution in [1.29, 1.82) is 0 Å². The van der Waals surface area contributed by atoms with E-state index >= 15 is 0 Å². The van der Waals surface area contributed by atoms with Crippen LogP contribution in [-0.2, 0) is 9.59 Å². The lowest BCUT2D eigenvalue weighted by Crippen LogP contribution is -2.41. The van der Waals surface area contributed by atoms with Crippen molar-refractivity contribution >= 4 is 17.5 Å². The van der Waals surface area contributed by atoms with Gasteiger partial charge in [-0.3, -0.25) is 14.5 Å². The van der Waals surface area contributed by atoms with E-state index in [0.717, 1.165) is 16.8 Å². The largest absolute Gasteiger partial charge is 0.342 e. The van der Waals surface area contributed by atoms with Gasteiger partial charge in [0.2, 0.25) is 11.8 Å². The number of nitrogens with one attached hydrogen (secondary N) is 1. The van der Waals surface area contributed by atoms with Crippen LogP contribution in [-0.4, -0.2) is 54.8 Å². The van der Waals surface area contributed by atoms with Gasteiger partial charge in [0, 0.05) is 18.8 Å². The highest BCUT2D eigenvalue weighted by Crippen LogP contribution is 2.27. The molecule has 1 N–H and O–H groups in total. The summed E-state index contributed by atoms with van der Waals surface area (Å²) in [4.78, 5) is 28.0. The lowest BCUT2D eigenvalue weighted by molar-refractivity contribution is -0.132. The van der Waals surface area contributed by atoms with Gasteiger partial charge in [-0.05, 0) is 44.9 Å². The van der Waals surface area contributed by atoms with Crippen LogP contribution in [0.2, 0.25) is 0 Å². The first kappa shape index (κ1) is 20.2. The third-order valence-corrected chi connectivity index (χ3v) is 4.13. The Hall–Kier alpha value is -1.88. The highest BCUT2D eigenvalue weighted by atomic mass is 16.2. The monoisotopic (exact) mass is 333 g/mol. The molecule has 134 valence electrons. The Bertz CT molecular complexity index is 566. The van der Waals surface area contributed by atoms with Crippen molar-refractivity contribution in [1.82, 2.24) is 9.80 Å². The Morgan fingerprint density at radius 2 is 1.75 bits per heavy atom. The number of hydrogen-bond donors (Lipinski definition) is 1. The molecule has 0 heterocycles. The molecule has 0 radical (unpaired) electrons. The van der Waals surface area contributed by atoms with E-state index in [4.69, 9.17) is 0 Å². The maximum absolute atomic E-state index is 12.4. The number of anilines is 1. The molecule has 1 aromatic carbocycles. The molecule has 0 aliphatic carbocycles. The summed E-state index contributed by atoms with van der Waals surface area (Å²) in [6, 6.07) is 6.05. The Morgan fingerprint density at radius 3 is 2.29 bits per heavy atom. The Balaban J connectivity index is 2.69. The molecular formula is C19H31N3O2. The maximum Gasteiger partial charge on any atom is 0.238 e. The standard InChI is InChI=1S/C19H31N3O2/c1-7-22(8-2)18(24)13-21(6)12-17(23)20-19-15(5)10-9-11-16(19)14(3)4/h9-11,14H,7-8,12-13H2,1-6H3,(H,20,23). The minimum absolute atomic E-state index is 0.0501. The van der Waals surface area contributed by atoms with Gasteiger partial charge < -0.3 is 10.2 Å². The molecular weight excluding hydrogens is 302 g/mol. The molecule has 1 aromatic rings. The summed E-state index contributed by atoms with van der Waals surface area (Å²) in [5.41, 5.74) is 3.07. The molecule has 0 spiro atoms. The second kappa shape index (κ2) is 9.42. The first-order valence-electron chi connectivity index (χ1n) is 8.65. The van der Waals surface area contributed by atoms with Crippen molar-refractivity contribution in [2.75, 3.05) is 38.5 Å². The third kappa shape index (κ3) is 5.64. The van der Waals surface area contributed by atoms with Crippen molar-refractivity contribution in [2.24, 2.45) is 0 Å². The topological polar surface area (TPSA) is 52.7 Å². The Kier molecular flexibility index (Phi) is 7.92. The molecule has 0 aliphatic rings. The Labute approximate surface area is 146 Å². The molecule has 1 rings (SSSR count). The van der Waals surface area contributed by atoms with Gasteiger partial charge in [0.1, 0.15) is 0 Å². The minimum Gasteiger partial charge on any atom is -0.342 e. The van der Waals surface area contributed by atoms with Crippen LogP contribution in [0.15, 0.2) is 18.2 Å². The van der Waals surface area contributed by atoms with Gasteiger partial charge in [0.15, 0.2) is 0 Å². The van der Waals surface area contributed by atoms with Crippen LogP contribution in [0.25, 0.3) is 0 Å². The summed E-state index contributed by atoms with van der Waals surface area (Å²) in [7, 11) is 1.79. The SMILES string of the molecule is CCN(CC)C(=O)CN(C)CC(=O)Nc1c(C)cccc1C(C)C. The molecule has 24 heavy (non-hydrogen) atoms. The number of carbonyl (C=O) groups excluding carboxylic acids is 2. The minimum atomic E-state index is -0.0963. The fourth-order valence-corrected chi connectivity index (χ4v) is 2.73. The molecule has 0 unspecified atom stereocenters. The smallest absolute Gasteiger partial charge is 0.238 e. The first-order chi connectivity index (χ1) is 11.3. The van der Waals surface area contributed by atoms with Crippen LogP contribution < -0.4 is 5.32 Å². The van der Waals surface area contributed by atoms with Crippen molar-refractivity contribution in [3.63, 3.8) is 0 Å². The number of carbonyl (C=O) groups is 2. The van der Waals surface area contributed by atoms with E-state index in [2.05, 4.69) is 19.2 Å². The Morgan fingerprint density at radius 1 is 1.12 bits per heavy atom. The first-order valence-corrected chi connectivity index (χ1v) is 8.65. The highest BCUT2D eigenvalue weighted by molar-refractivity contribution is 5.94. The second-order valence-electron chi connectivity index (χ2n) is 6.48. The summed E-state index contributed by atoms with van der Waals surface area (Å²) in [6.07, 6.45) is 0. The van der Waals surface area contributed by atoms with E-state index in [1.165, 1.54) is 0 Å². The van der Waals surface area contributed by atoms with Gasteiger partial charge in [0.25, 0.3) is 0 Å². The molecule has 0 atom stereocenters. The molecule has 0 bridgehead atoms. The summed E-state index contributed by atoms with van der Waals surface area (Å²) in [5, 5.41) is 3.02. The normalized spacial score (nSPS) is 11.0. The van der Waals surface area contributed by atoms with E-state index in [-0.39, 0.29) is 24.9 Å². The molecule has 0 fully saturated rings. The number of amides is 2. The number of benzene rings is 1. The van der Waals surface area contributed by atoms with Gasteiger partial charge >= 0.3 is 0 Å². The summed E-state index contributed by atoms with van der Waals surface area (Å²) in [5.74, 6) is 0.289. The van der Waals surface area contributed by atoms with Crippen LogP contribution >= 0.6 is 0 Å². The number of likely N-dealkylation sites (N-methyl/N-ethyl adjacent to an activating group) is 2. The fraction of sp³-hybridized carbons (Fsp3) is 0.579. The second-order valence-corrected chi connectivity index (χ2v) is 6.48. The fourth-order valence-electron chi connectivity index (χ4n) is 2.73. The molecule has 5 nitrogen and oxygen atoms in total. The van der Waals surface area contributed by atoms with E-state index in [0.29, 0.717) is 19.0 Å². The average molecular weight is 333 g/mol. The van der Waals surface area contributed by atoms with Crippen LogP contribution in [0, 0.1) is 6.92 Å². The van der Waals surface area contributed by atoms with Gasteiger partial charge in [-0.15, -0.1) is 0 Å². The van der Waals surface area contributed by atoms with E-state index in [1.807, 2.05) is 39.0 Å². The summed E-state index contributed by atoms with van der Waals surface area (Å²) < 4.78 is 0. The predicted molar refractivity (Wildman–Crippen MR) is 99.3 cm³/mol. The van der Waals surface area contributed by atoms with E-state index < -0.39 is 0 Å². The number of para-hydroxylation sites is 1. The zero-order valence-electron chi connectivity index (χ0n) is 15.8. The third-order valence-electron chi connectivity index (χ3n) is 4.13. The molecule has 0 aliphatic heterocycles. The van der Waals surface area contributed by atoms with Crippen LogP contribution in [0.5, 0.6) is 0 Å². The molecule has 0 saturated heterocycles. The van der Waals surface area contributed by atoms with Gasteiger partial charge in [0.05, 0.1) is 13.1 Å². The highest BCUT2D eigenvalue weighted by Gasteiger charge is 2.16. The van der Waals surface area contributed by atoms with E-state index in [1.54, 1.807) is 16.8 Å². The van der Waals surface area contributed by atoms with Gasteiger partial charge in [-0.25, -0.2) is 0 Å². The molecule has 0 aromatic heterocycles. The predicted octanol–water partition coefficient (Wildman–Crippen LogP) is 2.86. The summed E-state index contributed by atoms with van der Waals surface area (Å²) in [6.45, 7) is 12.0. The van der Waals surface area contributed by atoms with Gasteiger partial charge in [-0.1, -0.05) is 32.0 Å². The molecule has 5 heteroatoms.